The van der Waals surface area contributed by atoms with Gasteiger partial charge in [0.25, 0.3) is 0 Å². The van der Waals surface area contributed by atoms with Gasteiger partial charge in [0, 0.05) is 5.38 Å². The Morgan fingerprint density at radius 2 is 2.45 bits per heavy atom. The van der Waals surface area contributed by atoms with Crippen LogP contribution in [-0.4, -0.2) is 4.98 Å². The van der Waals surface area contributed by atoms with Gasteiger partial charge in [-0.05, 0) is 0 Å². The van der Waals surface area contributed by atoms with Crippen LogP contribution < -0.4 is 0 Å². The molecule has 0 aromatic carbocycles. The van der Waals surface area contributed by atoms with Gasteiger partial charge in [-0.2, -0.15) is 0 Å². The average Bonchev–Trinajstić information content (AvgIpc) is 2.53. The summed E-state index contributed by atoms with van der Waals surface area (Å²) in [5.74, 6) is 0. The number of thiophene rings is 1. The smallest absolute Gasteiger partial charge is 0.111 e. The molecule has 0 aliphatic rings. The Morgan fingerprint density at radius 3 is 3.09 bits per heavy atom. The summed E-state index contributed by atoms with van der Waals surface area (Å²) in [4.78, 5) is 4.34. The van der Waals surface area contributed by atoms with E-state index in [9.17, 15) is 0 Å². The van der Waals surface area contributed by atoms with Crippen molar-refractivity contribution >= 4 is 59.7 Å². The lowest BCUT2D eigenvalue weighted by molar-refractivity contribution is 1.33. The van der Waals surface area contributed by atoms with Crippen molar-refractivity contribution in [3.63, 3.8) is 0 Å². The van der Waals surface area contributed by atoms with Crippen molar-refractivity contribution in [2.24, 2.45) is 0 Å². The molecule has 5 heteroatoms. The number of nitrogens with zero attached hydrogens (tertiary/aromatic N) is 1. The predicted molar refractivity (Wildman–Crippen MR) is 55.1 cm³/mol. The molecule has 11 heavy (non-hydrogen) atoms. The molecule has 2 heterocycles. The van der Waals surface area contributed by atoms with Crippen LogP contribution in [0.15, 0.2) is 5.38 Å². The molecule has 0 N–H and O–H groups in total. The van der Waals surface area contributed by atoms with Crippen LogP contribution in [0.3, 0.4) is 0 Å². The quantitative estimate of drug-likeness (QED) is 0.715. The van der Waals surface area contributed by atoms with Crippen LogP contribution in [0, 0.1) is 0 Å². The van der Waals surface area contributed by atoms with E-state index in [0.717, 1.165) is 20.9 Å². The Labute approximate surface area is 85.1 Å². The van der Waals surface area contributed by atoms with E-state index in [1.807, 2.05) is 5.38 Å². The van der Waals surface area contributed by atoms with Crippen LogP contribution in [0.1, 0.15) is 5.01 Å². The molecule has 2 rings (SSSR count). The largest absolute Gasteiger partial charge is 0.238 e. The van der Waals surface area contributed by atoms with E-state index in [2.05, 4.69) is 20.9 Å². The maximum atomic E-state index is 5.88. The molecular formula is C6H3BrClNS2. The van der Waals surface area contributed by atoms with E-state index >= 15 is 0 Å². The van der Waals surface area contributed by atoms with Gasteiger partial charge in [0.2, 0.25) is 0 Å². The third kappa shape index (κ3) is 1.33. The van der Waals surface area contributed by atoms with Crippen LogP contribution >= 0.6 is 50.2 Å². The molecule has 2 aromatic heterocycles. The molecule has 0 radical (unpaired) electrons. The number of hydrogen-bond acceptors (Lipinski definition) is 3. The Kier molecular flexibility index (Phi) is 2.19. The van der Waals surface area contributed by atoms with Crippen molar-refractivity contribution in [2.75, 3.05) is 0 Å². The van der Waals surface area contributed by atoms with Gasteiger partial charge in [-0.1, -0.05) is 27.5 Å². The summed E-state index contributed by atoms with van der Waals surface area (Å²) in [6.07, 6.45) is 0. The van der Waals surface area contributed by atoms with E-state index in [-0.39, 0.29) is 0 Å². The standard InChI is InChI=1S/C6H3BrClNS2/c7-1-4-9-5-3(8)2-10-6(5)11-4/h2H,1H2. The van der Waals surface area contributed by atoms with E-state index in [1.165, 1.54) is 4.01 Å². The minimum Gasteiger partial charge on any atom is -0.238 e. The average molecular weight is 269 g/mol. The van der Waals surface area contributed by atoms with Crippen LogP contribution in [0.25, 0.3) is 9.53 Å². The second kappa shape index (κ2) is 3.01. The lowest BCUT2D eigenvalue weighted by atomic mass is 10.6. The van der Waals surface area contributed by atoms with Crippen molar-refractivity contribution in [1.82, 2.24) is 4.98 Å². The second-order valence-corrected chi connectivity index (χ2v) is 5.15. The van der Waals surface area contributed by atoms with Crippen molar-refractivity contribution in [3.8, 4) is 0 Å². The van der Waals surface area contributed by atoms with E-state index in [0.29, 0.717) is 0 Å². The van der Waals surface area contributed by atoms with Crippen LogP contribution in [0.5, 0.6) is 0 Å². The van der Waals surface area contributed by atoms with Crippen LogP contribution in [-0.2, 0) is 5.33 Å². The fraction of sp³-hybridized carbons (Fsp3) is 0.167. The number of fused-ring (bicyclic) bond motifs is 1. The molecule has 0 aliphatic heterocycles. The summed E-state index contributed by atoms with van der Waals surface area (Å²) in [5, 5.41) is 4.60. The highest BCUT2D eigenvalue weighted by atomic mass is 79.9. The molecule has 0 fully saturated rings. The number of halogens is 2. The van der Waals surface area contributed by atoms with Gasteiger partial charge in [-0.25, -0.2) is 4.98 Å². The predicted octanol–water partition coefficient (Wildman–Crippen LogP) is 3.91. The SMILES string of the molecule is Clc1csc2sc(CBr)nc12. The minimum absolute atomic E-state index is 0.772. The number of aromatic nitrogens is 1. The number of rotatable bonds is 1. The molecule has 0 amide bonds. The summed E-state index contributed by atoms with van der Waals surface area (Å²) < 4.78 is 1.21. The van der Waals surface area contributed by atoms with Crippen LogP contribution in [0.4, 0.5) is 0 Å². The molecule has 0 atom stereocenters. The normalized spacial score (nSPS) is 11.1. The first-order chi connectivity index (χ1) is 5.31. The van der Waals surface area contributed by atoms with E-state index in [1.54, 1.807) is 22.7 Å². The monoisotopic (exact) mass is 267 g/mol. The van der Waals surface area contributed by atoms with Crippen molar-refractivity contribution < 1.29 is 0 Å². The summed E-state index contributed by atoms with van der Waals surface area (Å²) in [6, 6.07) is 0. The van der Waals surface area contributed by atoms with Crippen molar-refractivity contribution in [2.45, 2.75) is 5.33 Å². The molecule has 0 unspecified atom stereocenters. The highest BCUT2D eigenvalue weighted by molar-refractivity contribution is 9.08. The van der Waals surface area contributed by atoms with Gasteiger partial charge in [-0.3, -0.25) is 0 Å². The van der Waals surface area contributed by atoms with Gasteiger partial charge in [0.15, 0.2) is 0 Å². The molecule has 1 nitrogen and oxygen atoms in total. The van der Waals surface area contributed by atoms with Gasteiger partial charge >= 0.3 is 0 Å². The lowest BCUT2D eigenvalue weighted by Gasteiger charge is -1.79. The first-order valence-electron chi connectivity index (χ1n) is 2.89. The summed E-state index contributed by atoms with van der Waals surface area (Å²) in [7, 11) is 0. The van der Waals surface area contributed by atoms with Gasteiger partial charge < -0.3 is 0 Å². The third-order valence-electron chi connectivity index (χ3n) is 1.25. The molecule has 0 aliphatic carbocycles. The highest BCUT2D eigenvalue weighted by Gasteiger charge is 2.07. The minimum atomic E-state index is 0.772. The Balaban J connectivity index is 2.70. The maximum absolute atomic E-state index is 5.88. The Morgan fingerprint density at radius 1 is 1.64 bits per heavy atom. The topological polar surface area (TPSA) is 12.9 Å². The third-order valence-corrected chi connectivity index (χ3v) is 4.72. The maximum Gasteiger partial charge on any atom is 0.111 e. The van der Waals surface area contributed by atoms with E-state index in [4.69, 9.17) is 11.6 Å². The Bertz CT molecular complexity index is 381. The summed E-state index contributed by atoms with van der Waals surface area (Å²) in [5.41, 5.74) is 0.955. The summed E-state index contributed by atoms with van der Waals surface area (Å²) >= 11 is 12.6. The number of hydrogen-bond donors (Lipinski definition) is 0. The lowest BCUT2D eigenvalue weighted by Crippen LogP contribution is -1.70. The number of alkyl halides is 1. The van der Waals surface area contributed by atoms with Crippen LogP contribution in [0.2, 0.25) is 5.02 Å². The van der Waals surface area contributed by atoms with Gasteiger partial charge in [0.05, 0.1) is 10.4 Å². The van der Waals surface area contributed by atoms with Crippen molar-refractivity contribution in [1.29, 1.82) is 0 Å². The zero-order chi connectivity index (χ0) is 7.84. The fourth-order valence-corrected chi connectivity index (χ4v) is 3.52. The van der Waals surface area contributed by atoms with Gasteiger partial charge in [-0.15, -0.1) is 22.7 Å². The first-order valence-corrected chi connectivity index (χ1v) is 6.09. The van der Waals surface area contributed by atoms with Crippen molar-refractivity contribution in [3.05, 3.63) is 15.4 Å². The highest BCUT2D eigenvalue weighted by Crippen LogP contribution is 2.34. The fourth-order valence-electron chi connectivity index (χ4n) is 0.798. The number of thiazole rings is 1. The molecule has 0 saturated carbocycles. The first kappa shape index (κ1) is 7.98. The van der Waals surface area contributed by atoms with E-state index < -0.39 is 0 Å². The summed E-state index contributed by atoms with van der Waals surface area (Å²) in [6.45, 7) is 0. The molecule has 2 aromatic rings. The van der Waals surface area contributed by atoms with Gasteiger partial charge in [0.1, 0.15) is 14.5 Å². The molecular weight excluding hydrogens is 266 g/mol. The molecule has 0 saturated heterocycles. The molecule has 0 bridgehead atoms. The Hall–Kier alpha value is 0.360. The second-order valence-electron chi connectivity index (χ2n) is 1.96. The molecule has 58 valence electrons. The zero-order valence-corrected chi connectivity index (χ0v) is 9.28. The zero-order valence-electron chi connectivity index (χ0n) is 5.30. The molecule has 0 spiro atoms.